The minimum absolute atomic E-state index is 0.0279. The van der Waals surface area contributed by atoms with E-state index in [0.29, 0.717) is 43.1 Å². The van der Waals surface area contributed by atoms with Crippen LogP contribution in [0.25, 0.3) is 0 Å². The summed E-state index contributed by atoms with van der Waals surface area (Å²) in [6, 6.07) is 13.9. The van der Waals surface area contributed by atoms with Crippen molar-refractivity contribution in [1.29, 1.82) is 0 Å². The van der Waals surface area contributed by atoms with Crippen LogP contribution in [0.3, 0.4) is 0 Å². The maximum atomic E-state index is 12.3. The second-order valence-electron chi connectivity index (χ2n) is 5.83. The summed E-state index contributed by atoms with van der Waals surface area (Å²) in [5.41, 5.74) is 1.09. The quantitative estimate of drug-likeness (QED) is 0.689. The van der Waals surface area contributed by atoms with Gasteiger partial charge in [-0.05, 0) is 62.4 Å². The van der Waals surface area contributed by atoms with Crippen molar-refractivity contribution in [1.82, 2.24) is 10.2 Å². The van der Waals surface area contributed by atoms with E-state index >= 15 is 0 Å². The van der Waals surface area contributed by atoms with Gasteiger partial charge in [0.25, 0.3) is 11.8 Å². The third kappa shape index (κ3) is 5.74. The van der Waals surface area contributed by atoms with Crippen LogP contribution in [0.15, 0.2) is 48.5 Å². The molecule has 2 aromatic rings. The second-order valence-corrected chi connectivity index (χ2v) is 5.83. The van der Waals surface area contributed by atoms with E-state index in [1.807, 2.05) is 38.1 Å². The van der Waals surface area contributed by atoms with Crippen molar-refractivity contribution in [3.8, 4) is 11.5 Å². The molecule has 1 N–H and O–H groups in total. The Hall–Kier alpha value is -3.02. The normalized spacial score (nSPS) is 10.2. The van der Waals surface area contributed by atoms with Gasteiger partial charge >= 0.3 is 0 Å². The van der Waals surface area contributed by atoms with Crippen LogP contribution in [0.2, 0.25) is 0 Å². The molecule has 0 spiro atoms. The average Bonchev–Trinajstić information content (AvgIpc) is 2.72. The Morgan fingerprint density at radius 2 is 1.44 bits per heavy atom. The number of carbonyl (C=O) groups excluding carboxylic acids is 2. The number of benzene rings is 2. The third-order valence-electron chi connectivity index (χ3n) is 4.16. The molecular weight excluding hydrogens is 344 g/mol. The third-order valence-corrected chi connectivity index (χ3v) is 4.16. The minimum atomic E-state index is -0.199. The molecule has 2 aromatic carbocycles. The lowest BCUT2D eigenvalue weighted by Gasteiger charge is -2.18. The van der Waals surface area contributed by atoms with Crippen LogP contribution in [-0.4, -0.2) is 50.1 Å². The van der Waals surface area contributed by atoms with E-state index in [1.54, 1.807) is 36.3 Å². The van der Waals surface area contributed by atoms with Crippen molar-refractivity contribution in [2.45, 2.75) is 13.8 Å². The van der Waals surface area contributed by atoms with Crippen molar-refractivity contribution in [3.63, 3.8) is 0 Å². The Morgan fingerprint density at radius 1 is 0.889 bits per heavy atom. The fourth-order valence-electron chi connectivity index (χ4n) is 2.57. The topological polar surface area (TPSA) is 67.9 Å². The molecule has 0 unspecified atom stereocenters. The molecule has 0 bridgehead atoms. The summed E-state index contributed by atoms with van der Waals surface area (Å²) in [5, 5.41) is 2.80. The summed E-state index contributed by atoms with van der Waals surface area (Å²) in [4.78, 5) is 26.2. The van der Waals surface area contributed by atoms with Gasteiger partial charge in [-0.15, -0.1) is 0 Å². The lowest BCUT2D eigenvalue weighted by molar-refractivity contribution is 0.0772. The van der Waals surface area contributed by atoms with Gasteiger partial charge in [-0.2, -0.15) is 0 Å². The van der Waals surface area contributed by atoms with E-state index in [1.165, 1.54) is 0 Å². The Balaban J connectivity index is 1.80. The van der Waals surface area contributed by atoms with Crippen LogP contribution in [0, 0.1) is 0 Å². The van der Waals surface area contributed by atoms with Crippen LogP contribution >= 0.6 is 0 Å². The summed E-state index contributed by atoms with van der Waals surface area (Å²) in [7, 11) is 1.61. The number of ether oxygens (including phenoxy) is 2. The minimum Gasteiger partial charge on any atom is -0.497 e. The monoisotopic (exact) mass is 370 g/mol. The van der Waals surface area contributed by atoms with Gasteiger partial charge in [0.1, 0.15) is 18.1 Å². The van der Waals surface area contributed by atoms with Gasteiger partial charge < -0.3 is 19.7 Å². The van der Waals surface area contributed by atoms with Gasteiger partial charge in [-0.25, -0.2) is 0 Å². The first kappa shape index (κ1) is 20.3. The van der Waals surface area contributed by atoms with E-state index in [2.05, 4.69) is 5.32 Å². The molecule has 0 atom stereocenters. The van der Waals surface area contributed by atoms with Crippen LogP contribution < -0.4 is 14.8 Å². The number of rotatable bonds is 9. The highest BCUT2D eigenvalue weighted by molar-refractivity contribution is 5.97. The van der Waals surface area contributed by atoms with Gasteiger partial charge in [-0.1, -0.05) is 0 Å². The molecule has 0 heterocycles. The first-order chi connectivity index (χ1) is 13.1. The predicted molar refractivity (Wildman–Crippen MR) is 105 cm³/mol. The number of nitrogens with zero attached hydrogens (tertiary/aromatic N) is 1. The maximum absolute atomic E-state index is 12.3. The highest BCUT2D eigenvalue weighted by atomic mass is 16.5. The molecule has 0 aliphatic heterocycles. The van der Waals surface area contributed by atoms with E-state index in [4.69, 9.17) is 9.47 Å². The molecule has 0 fully saturated rings. The summed E-state index contributed by atoms with van der Waals surface area (Å²) >= 11 is 0. The molecule has 0 saturated carbocycles. The van der Waals surface area contributed by atoms with E-state index in [0.717, 1.165) is 5.75 Å². The number of hydrogen-bond donors (Lipinski definition) is 1. The molecule has 0 radical (unpaired) electrons. The SMILES string of the molecule is CCN(CC)C(=O)c1ccc(C(=O)NCCOc2ccc(OC)cc2)cc1. The summed E-state index contributed by atoms with van der Waals surface area (Å²) in [5.74, 6) is 1.25. The molecule has 0 aliphatic rings. The number of amides is 2. The zero-order valence-corrected chi connectivity index (χ0v) is 16.0. The molecule has 144 valence electrons. The Morgan fingerprint density at radius 3 is 2.00 bits per heavy atom. The molecule has 0 aliphatic carbocycles. The molecular formula is C21H26N2O4. The molecule has 6 heteroatoms. The highest BCUT2D eigenvalue weighted by Crippen LogP contribution is 2.16. The molecule has 27 heavy (non-hydrogen) atoms. The zero-order valence-electron chi connectivity index (χ0n) is 16.0. The van der Waals surface area contributed by atoms with Crippen molar-refractivity contribution in [2.24, 2.45) is 0 Å². The summed E-state index contributed by atoms with van der Waals surface area (Å²) in [6.45, 7) is 5.94. The van der Waals surface area contributed by atoms with E-state index < -0.39 is 0 Å². The smallest absolute Gasteiger partial charge is 0.253 e. The van der Waals surface area contributed by atoms with Crippen molar-refractivity contribution in [2.75, 3.05) is 33.4 Å². The standard InChI is InChI=1S/C21H26N2O4/c1-4-23(5-2)21(25)17-8-6-16(7-9-17)20(24)22-14-15-27-19-12-10-18(26-3)11-13-19/h6-13H,4-5,14-15H2,1-3H3,(H,22,24). The average molecular weight is 370 g/mol. The molecule has 2 rings (SSSR count). The number of carbonyl (C=O) groups is 2. The summed E-state index contributed by atoms with van der Waals surface area (Å²) < 4.78 is 10.7. The number of nitrogens with one attached hydrogen (secondary N) is 1. The fourth-order valence-corrected chi connectivity index (χ4v) is 2.57. The Kier molecular flexibility index (Phi) is 7.67. The number of hydrogen-bond acceptors (Lipinski definition) is 4. The first-order valence-electron chi connectivity index (χ1n) is 9.03. The second kappa shape index (κ2) is 10.2. The largest absolute Gasteiger partial charge is 0.497 e. The molecule has 2 amide bonds. The van der Waals surface area contributed by atoms with Crippen LogP contribution in [0.5, 0.6) is 11.5 Å². The van der Waals surface area contributed by atoms with Crippen LogP contribution in [-0.2, 0) is 0 Å². The highest BCUT2D eigenvalue weighted by Gasteiger charge is 2.13. The number of methoxy groups -OCH3 is 1. The van der Waals surface area contributed by atoms with Gasteiger partial charge in [0.15, 0.2) is 0 Å². The lowest BCUT2D eigenvalue weighted by atomic mass is 10.1. The van der Waals surface area contributed by atoms with E-state index in [9.17, 15) is 9.59 Å². The van der Waals surface area contributed by atoms with Crippen LogP contribution in [0.4, 0.5) is 0 Å². The summed E-state index contributed by atoms with van der Waals surface area (Å²) in [6.07, 6.45) is 0. The van der Waals surface area contributed by atoms with Gasteiger partial charge in [0.05, 0.1) is 13.7 Å². The Bertz CT molecular complexity index is 738. The van der Waals surface area contributed by atoms with Crippen LogP contribution in [0.1, 0.15) is 34.6 Å². The zero-order chi connectivity index (χ0) is 19.6. The van der Waals surface area contributed by atoms with Gasteiger partial charge in [-0.3, -0.25) is 9.59 Å². The fraction of sp³-hybridized carbons (Fsp3) is 0.333. The first-order valence-corrected chi connectivity index (χ1v) is 9.03. The van der Waals surface area contributed by atoms with Gasteiger partial charge in [0.2, 0.25) is 0 Å². The molecule has 0 aromatic heterocycles. The van der Waals surface area contributed by atoms with Gasteiger partial charge in [0, 0.05) is 24.2 Å². The van der Waals surface area contributed by atoms with E-state index in [-0.39, 0.29) is 11.8 Å². The molecule has 0 saturated heterocycles. The predicted octanol–water partition coefficient (Wildman–Crippen LogP) is 2.99. The van der Waals surface area contributed by atoms with Crippen molar-refractivity contribution < 1.29 is 19.1 Å². The lowest BCUT2D eigenvalue weighted by Crippen LogP contribution is -2.30. The molecule has 6 nitrogen and oxygen atoms in total. The van der Waals surface area contributed by atoms with Crippen molar-refractivity contribution >= 4 is 11.8 Å². The Labute approximate surface area is 160 Å². The maximum Gasteiger partial charge on any atom is 0.253 e. The van der Waals surface area contributed by atoms with Crippen molar-refractivity contribution in [3.05, 3.63) is 59.7 Å².